The van der Waals surface area contributed by atoms with Gasteiger partial charge < -0.3 is 10.0 Å². The Morgan fingerprint density at radius 3 is 2.67 bits per heavy atom. The van der Waals surface area contributed by atoms with Crippen molar-refractivity contribution in [3.63, 3.8) is 0 Å². The second kappa shape index (κ2) is 7.19. The Bertz CT molecular complexity index is 919. The van der Waals surface area contributed by atoms with Crippen molar-refractivity contribution in [2.24, 2.45) is 0 Å². The van der Waals surface area contributed by atoms with Crippen LogP contribution in [0.3, 0.4) is 0 Å². The summed E-state index contributed by atoms with van der Waals surface area (Å²) >= 11 is 1.72. The zero-order chi connectivity index (χ0) is 19.0. The molecule has 3 aromatic rings. The maximum atomic E-state index is 10.1. The molecule has 1 atom stereocenters. The number of anilines is 1. The Hall–Kier alpha value is -2.02. The number of benzene rings is 1. The van der Waals surface area contributed by atoms with E-state index in [0.29, 0.717) is 12.6 Å². The molecular weight excluding hydrogens is 356 g/mol. The van der Waals surface area contributed by atoms with E-state index in [4.69, 9.17) is 0 Å². The lowest BCUT2D eigenvalue weighted by Crippen LogP contribution is -2.55. The molecule has 1 aliphatic heterocycles. The molecule has 142 valence electrons. The minimum atomic E-state index is -0.665. The number of hydrogen-bond donors (Lipinski definition) is 1. The highest BCUT2D eigenvalue weighted by Crippen LogP contribution is 2.36. The fourth-order valence-electron chi connectivity index (χ4n) is 3.86. The van der Waals surface area contributed by atoms with Gasteiger partial charge in [0.15, 0.2) is 0 Å². The van der Waals surface area contributed by atoms with Crippen LogP contribution in [0.1, 0.15) is 20.8 Å². The van der Waals surface area contributed by atoms with Crippen LogP contribution in [0.5, 0.6) is 0 Å². The topological polar surface area (TPSA) is 52.5 Å². The second-order valence-corrected chi connectivity index (χ2v) is 9.01. The van der Waals surface area contributed by atoms with Crippen molar-refractivity contribution in [2.45, 2.75) is 32.4 Å². The van der Waals surface area contributed by atoms with Crippen molar-refractivity contribution in [2.75, 3.05) is 31.1 Å². The number of hydrogen-bond acceptors (Lipinski definition) is 6. The van der Waals surface area contributed by atoms with E-state index in [2.05, 4.69) is 57.0 Å². The molecule has 1 aliphatic rings. The summed E-state index contributed by atoms with van der Waals surface area (Å²) in [4.78, 5) is 16.1. The van der Waals surface area contributed by atoms with Gasteiger partial charge in [-0.3, -0.25) is 4.90 Å². The summed E-state index contributed by atoms with van der Waals surface area (Å²) in [7, 11) is 0. The van der Waals surface area contributed by atoms with E-state index in [1.807, 2.05) is 19.9 Å². The first kappa shape index (κ1) is 18.3. The fraction of sp³-hybridized carbons (Fsp3) is 0.429. The van der Waals surface area contributed by atoms with Gasteiger partial charge in [0.1, 0.15) is 17.0 Å². The van der Waals surface area contributed by atoms with Gasteiger partial charge in [0.05, 0.1) is 11.0 Å². The largest absolute Gasteiger partial charge is 0.389 e. The molecular formula is C21H26N4OS. The van der Waals surface area contributed by atoms with Crippen LogP contribution in [0, 0.1) is 0 Å². The Morgan fingerprint density at radius 1 is 1.19 bits per heavy atom. The van der Waals surface area contributed by atoms with Gasteiger partial charge in [-0.25, -0.2) is 9.97 Å². The Balaban J connectivity index is 1.62. The lowest BCUT2D eigenvalue weighted by atomic mass is 10.1. The van der Waals surface area contributed by atoms with Crippen molar-refractivity contribution in [3.05, 3.63) is 42.7 Å². The van der Waals surface area contributed by atoms with Crippen LogP contribution in [0.4, 0.5) is 5.82 Å². The zero-order valence-corrected chi connectivity index (χ0v) is 16.9. The molecule has 4 rings (SSSR count). The average molecular weight is 383 g/mol. The van der Waals surface area contributed by atoms with Gasteiger partial charge in [-0.05, 0) is 32.4 Å². The number of nitrogens with zero attached hydrogens (tertiary/aromatic N) is 4. The Kier molecular flexibility index (Phi) is 4.88. The molecule has 5 nitrogen and oxygen atoms in total. The van der Waals surface area contributed by atoms with Crippen molar-refractivity contribution < 1.29 is 5.11 Å². The fourth-order valence-corrected chi connectivity index (χ4v) is 4.85. The van der Waals surface area contributed by atoms with Crippen LogP contribution in [-0.4, -0.2) is 57.8 Å². The van der Waals surface area contributed by atoms with Crippen LogP contribution < -0.4 is 4.90 Å². The molecule has 0 saturated carbocycles. The van der Waals surface area contributed by atoms with Crippen LogP contribution in [0.15, 0.2) is 42.7 Å². The van der Waals surface area contributed by atoms with Gasteiger partial charge in [-0.1, -0.05) is 30.3 Å². The van der Waals surface area contributed by atoms with Crippen molar-refractivity contribution in [1.29, 1.82) is 0 Å². The molecule has 1 saturated heterocycles. The first-order valence-corrected chi connectivity index (χ1v) is 10.2. The van der Waals surface area contributed by atoms with E-state index in [0.717, 1.165) is 35.7 Å². The standard InChI is InChI=1S/C21H26N4OS/c1-15-12-24(13-21(2,3)26)9-10-25(15)19-17-11-18(16-7-5-4-6-8-16)27-20(17)23-14-22-19/h4-8,11,14-15,26H,9-10,12-13H2,1-3H3. The summed E-state index contributed by atoms with van der Waals surface area (Å²) in [5, 5.41) is 11.2. The molecule has 1 aromatic carbocycles. The zero-order valence-electron chi connectivity index (χ0n) is 16.1. The number of aromatic nitrogens is 2. The number of piperazine rings is 1. The molecule has 27 heavy (non-hydrogen) atoms. The second-order valence-electron chi connectivity index (χ2n) is 7.98. The molecule has 0 radical (unpaired) electrons. The van der Waals surface area contributed by atoms with Crippen LogP contribution in [0.25, 0.3) is 20.7 Å². The maximum absolute atomic E-state index is 10.1. The summed E-state index contributed by atoms with van der Waals surface area (Å²) < 4.78 is 0. The first-order valence-electron chi connectivity index (χ1n) is 9.42. The van der Waals surface area contributed by atoms with E-state index >= 15 is 0 Å². The summed E-state index contributed by atoms with van der Waals surface area (Å²) in [6, 6.07) is 13.0. The minimum Gasteiger partial charge on any atom is -0.389 e. The van der Waals surface area contributed by atoms with Gasteiger partial charge in [0.2, 0.25) is 0 Å². The van der Waals surface area contributed by atoms with Crippen molar-refractivity contribution >= 4 is 27.4 Å². The van der Waals surface area contributed by atoms with Gasteiger partial charge in [0.25, 0.3) is 0 Å². The molecule has 0 aliphatic carbocycles. The van der Waals surface area contributed by atoms with E-state index in [-0.39, 0.29) is 0 Å². The summed E-state index contributed by atoms with van der Waals surface area (Å²) in [6.07, 6.45) is 1.68. The van der Waals surface area contributed by atoms with E-state index in [1.165, 1.54) is 10.4 Å². The molecule has 1 fully saturated rings. The van der Waals surface area contributed by atoms with Gasteiger partial charge in [-0.15, -0.1) is 11.3 Å². The summed E-state index contributed by atoms with van der Waals surface area (Å²) in [5.41, 5.74) is 0.552. The van der Waals surface area contributed by atoms with Gasteiger partial charge >= 0.3 is 0 Å². The van der Waals surface area contributed by atoms with Crippen molar-refractivity contribution in [1.82, 2.24) is 14.9 Å². The Labute approximate surface area is 164 Å². The minimum absolute atomic E-state index is 0.333. The normalized spacial score (nSPS) is 19.0. The third-order valence-corrected chi connectivity index (χ3v) is 6.05. The third kappa shape index (κ3) is 3.98. The predicted molar refractivity (Wildman–Crippen MR) is 112 cm³/mol. The van der Waals surface area contributed by atoms with Crippen LogP contribution >= 0.6 is 11.3 Å². The number of rotatable bonds is 4. The molecule has 3 heterocycles. The lowest BCUT2D eigenvalue weighted by Gasteiger charge is -2.42. The van der Waals surface area contributed by atoms with Crippen LogP contribution in [0.2, 0.25) is 0 Å². The lowest BCUT2D eigenvalue weighted by molar-refractivity contribution is 0.0307. The number of aliphatic hydroxyl groups is 1. The van der Waals surface area contributed by atoms with Crippen LogP contribution in [-0.2, 0) is 0 Å². The SMILES string of the molecule is CC1CN(CC(C)(C)O)CCN1c1ncnc2sc(-c3ccccc3)cc12. The summed E-state index contributed by atoms with van der Waals surface area (Å²) in [5.74, 6) is 1.02. The van der Waals surface area contributed by atoms with Gasteiger partial charge in [-0.2, -0.15) is 0 Å². The van der Waals surface area contributed by atoms with Gasteiger partial charge in [0, 0.05) is 37.1 Å². The highest BCUT2D eigenvalue weighted by Gasteiger charge is 2.29. The number of β-amino-alcohol motifs (C(OH)–C–C–N with tert-alkyl or cyclic N) is 1. The number of fused-ring (bicyclic) bond motifs is 1. The summed E-state index contributed by atoms with van der Waals surface area (Å²) in [6.45, 7) is 9.42. The third-order valence-electron chi connectivity index (χ3n) is 4.96. The highest BCUT2D eigenvalue weighted by molar-refractivity contribution is 7.21. The molecule has 6 heteroatoms. The molecule has 0 spiro atoms. The Morgan fingerprint density at radius 2 is 1.96 bits per heavy atom. The average Bonchev–Trinajstić information content (AvgIpc) is 3.06. The molecule has 2 aromatic heterocycles. The van der Waals surface area contributed by atoms with E-state index < -0.39 is 5.60 Å². The number of thiophene rings is 1. The first-order chi connectivity index (χ1) is 12.9. The maximum Gasteiger partial charge on any atom is 0.141 e. The highest BCUT2D eigenvalue weighted by atomic mass is 32.1. The monoisotopic (exact) mass is 382 g/mol. The molecule has 0 bridgehead atoms. The molecule has 0 amide bonds. The molecule has 1 unspecified atom stereocenters. The van der Waals surface area contributed by atoms with Crippen molar-refractivity contribution in [3.8, 4) is 10.4 Å². The quantitative estimate of drug-likeness (QED) is 0.747. The van der Waals surface area contributed by atoms with E-state index in [9.17, 15) is 5.11 Å². The predicted octanol–water partition coefficient (Wildman–Crippen LogP) is 3.64. The molecule has 1 N–H and O–H groups in total. The van der Waals surface area contributed by atoms with E-state index in [1.54, 1.807) is 17.7 Å². The smallest absolute Gasteiger partial charge is 0.141 e.